The van der Waals surface area contributed by atoms with Gasteiger partial charge in [-0.2, -0.15) is 8.78 Å². The molecule has 6 nitrogen and oxygen atoms in total. The van der Waals surface area contributed by atoms with Gasteiger partial charge < -0.3 is 13.9 Å². The summed E-state index contributed by atoms with van der Waals surface area (Å²) in [6.45, 7) is -0.604. The van der Waals surface area contributed by atoms with Crippen molar-refractivity contribution in [1.29, 1.82) is 0 Å². The topological polar surface area (TPSA) is 74.5 Å². The molecule has 3 aromatic rings. The van der Waals surface area contributed by atoms with Crippen LogP contribution in [0.5, 0.6) is 11.5 Å². The lowest BCUT2D eigenvalue weighted by molar-refractivity contribution is -0.117. The number of Topliss-reactive ketones (excluding diaryl/α,β-unsaturated/α-hetero) is 1. The molecular formula is C23H22F2N2O4. The minimum atomic E-state index is -2.98. The number of carbonyl (C=O) groups is 1. The second kappa shape index (κ2) is 9.24. The van der Waals surface area contributed by atoms with E-state index in [4.69, 9.17) is 9.15 Å². The number of ether oxygens (including phenoxy) is 2. The molecule has 1 aliphatic carbocycles. The van der Waals surface area contributed by atoms with E-state index in [1.165, 1.54) is 12.3 Å². The van der Waals surface area contributed by atoms with Gasteiger partial charge in [-0.05, 0) is 55.5 Å². The zero-order valence-electron chi connectivity index (χ0n) is 17.0. The van der Waals surface area contributed by atoms with Crippen LogP contribution in [0, 0.1) is 12.8 Å². The maximum Gasteiger partial charge on any atom is 0.387 e. The molecular weight excluding hydrogens is 406 g/mol. The minimum absolute atomic E-state index is 0.0489. The van der Waals surface area contributed by atoms with Crippen molar-refractivity contribution in [2.24, 2.45) is 5.92 Å². The van der Waals surface area contributed by atoms with Crippen molar-refractivity contribution >= 4 is 5.78 Å². The normalized spacial score (nSPS) is 13.4. The molecule has 8 heteroatoms. The molecule has 2 aromatic heterocycles. The van der Waals surface area contributed by atoms with Gasteiger partial charge in [-0.25, -0.2) is 4.98 Å². The fourth-order valence-electron chi connectivity index (χ4n) is 3.12. The van der Waals surface area contributed by atoms with E-state index >= 15 is 0 Å². The molecule has 0 bridgehead atoms. The van der Waals surface area contributed by atoms with Crippen molar-refractivity contribution in [3.05, 3.63) is 59.7 Å². The number of aromatic nitrogens is 2. The van der Waals surface area contributed by atoms with Crippen molar-refractivity contribution in [1.82, 2.24) is 9.97 Å². The highest BCUT2D eigenvalue weighted by Crippen LogP contribution is 2.36. The SMILES string of the molecule is Cc1cccnc1CC(=O)Cc1coc(-c2ccc(OCC3CC3)c(OC(F)F)c2)n1. The Hall–Kier alpha value is -3.29. The first kappa shape index (κ1) is 21.0. The predicted octanol–water partition coefficient (Wildman–Crippen LogP) is 4.79. The number of hydrogen-bond donors (Lipinski definition) is 0. The molecule has 0 radical (unpaired) electrons. The van der Waals surface area contributed by atoms with E-state index in [1.54, 1.807) is 18.3 Å². The monoisotopic (exact) mass is 428 g/mol. The highest BCUT2D eigenvalue weighted by atomic mass is 19.3. The molecule has 2 heterocycles. The zero-order valence-corrected chi connectivity index (χ0v) is 17.0. The molecule has 162 valence electrons. The number of aryl methyl sites for hydroxylation is 1. The highest BCUT2D eigenvalue weighted by molar-refractivity contribution is 5.82. The van der Waals surface area contributed by atoms with E-state index in [1.807, 2.05) is 19.1 Å². The van der Waals surface area contributed by atoms with E-state index in [0.29, 0.717) is 23.8 Å². The molecule has 0 aliphatic heterocycles. The fraction of sp³-hybridized carbons (Fsp3) is 0.348. The number of oxazole rings is 1. The number of carbonyl (C=O) groups excluding carboxylic acids is 1. The molecule has 1 saturated carbocycles. The molecule has 1 aliphatic rings. The number of hydrogen-bond acceptors (Lipinski definition) is 6. The summed E-state index contributed by atoms with van der Waals surface area (Å²) in [6.07, 6.45) is 5.50. The van der Waals surface area contributed by atoms with Gasteiger partial charge >= 0.3 is 6.61 Å². The number of halogens is 2. The molecule has 0 spiro atoms. The number of pyridine rings is 1. The summed E-state index contributed by atoms with van der Waals surface area (Å²) in [5.41, 5.74) is 2.59. The summed E-state index contributed by atoms with van der Waals surface area (Å²) < 4.78 is 41.4. The molecule has 0 unspecified atom stereocenters. The van der Waals surface area contributed by atoms with Crippen molar-refractivity contribution in [2.75, 3.05) is 6.61 Å². The number of ketones is 1. The van der Waals surface area contributed by atoms with Gasteiger partial charge in [0, 0.05) is 18.2 Å². The Balaban J connectivity index is 1.45. The third-order valence-corrected chi connectivity index (χ3v) is 4.99. The first-order chi connectivity index (χ1) is 15.0. The van der Waals surface area contributed by atoms with Gasteiger partial charge in [0.05, 0.1) is 24.4 Å². The number of benzene rings is 1. The summed E-state index contributed by atoms with van der Waals surface area (Å²) in [6, 6.07) is 8.36. The summed E-state index contributed by atoms with van der Waals surface area (Å²) in [5.74, 6) is 0.816. The maximum absolute atomic E-state index is 12.8. The highest BCUT2D eigenvalue weighted by Gasteiger charge is 2.23. The van der Waals surface area contributed by atoms with Crippen LogP contribution >= 0.6 is 0 Å². The zero-order chi connectivity index (χ0) is 21.8. The Labute approximate surface area is 178 Å². The number of nitrogens with zero attached hydrogens (tertiary/aromatic N) is 2. The average Bonchev–Trinajstić information content (AvgIpc) is 3.45. The molecule has 1 aromatic carbocycles. The van der Waals surface area contributed by atoms with Crippen LogP contribution in [0.25, 0.3) is 11.5 Å². The fourth-order valence-corrected chi connectivity index (χ4v) is 3.12. The van der Waals surface area contributed by atoms with Crippen LogP contribution < -0.4 is 9.47 Å². The molecule has 0 amide bonds. The van der Waals surface area contributed by atoms with Gasteiger partial charge in [0.1, 0.15) is 12.0 Å². The maximum atomic E-state index is 12.8. The van der Waals surface area contributed by atoms with Gasteiger partial charge in [0.15, 0.2) is 11.5 Å². The summed E-state index contributed by atoms with van der Waals surface area (Å²) in [7, 11) is 0. The third kappa shape index (κ3) is 5.65. The summed E-state index contributed by atoms with van der Waals surface area (Å²) >= 11 is 0. The van der Waals surface area contributed by atoms with Crippen molar-refractivity contribution < 1.29 is 27.5 Å². The standard InChI is InChI=1S/C23H22F2N2O4/c1-14-3-2-8-26-19(14)11-18(28)10-17-13-30-22(27-17)16-6-7-20(29-12-15-4-5-15)21(9-16)31-23(24)25/h2-3,6-9,13,15,23H,4-5,10-12H2,1H3. The lowest BCUT2D eigenvalue weighted by atomic mass is 10.1. The van der Waals surface area contributed by atoms with E-state index in [9.17, 15) is 13.6 Å². The van der Waals surface area contributed by atoms with Gasteiger partial charge in [0.2, 0.25) is 5.89 Å². The quantitative estimate of drug-likeness (QED) is 0.462. The summed E-state index contributed by atoms with van der Waals surface area (Å²) in [4.78, 5) is 20.9. The largest absolute Gasteiger partial charge is 0.489 e. The van der Waals surface area contributed by atoms with Crippen LogP contribution in [0.3, 0.4) is 0 Å². The van der Waals surface area contributed by atoms with Crippen LogP contribution in [-0.2, 0) is 17.6 Å². The third-order valence-electron chi connectivity index (χ3n) is 4.99. The van der Waals surface area contributed by atoms with Crippen molar-refractivity contribution in [3.8, 4) is 23.0 Å². The van der Waals surface area contributed by atoms with Gasteiger partial charge in [-0.1, -0.05) is 6.07 Å². The van der Waals surface area contributed by atoms with Crippen molar-refractivity contribution in [2.45, 2.75) is 39.2 Å². The number of rotatable bonds is 10. The summed E-state index contributed by atoms with van der Waals surface area (Å²) in [5, 5.41) is 0. The number of alkyl halides is 2. The average molecular weight is 428 g/mol. The lowest BCUT2D eigenvalue weighted by Gasteiger charge is -2.12. The Morgan fingerprint density at radius 3 is 2.81 bits per heavy atom. The van der Waals surface area contributed by atoms with Crippen LogP contribution in [-0.4, -0.2) is 29.0 Å². The second-order valence-electron chi connectivity index (χ2n) is 7.60. The lowest BCUT2D eigenvalue weighted by Crippen LogP contribution is -2.09. The van der Waals surface area contributed by atoms with E-state index < -0.39 is 6.61 Å². The van der Waals surface area contributed by atoms with Gasteiger partial charge in [0.25, 0.3) is 0 Å². The molecule has 0 N–H and O–H groups in total. The molecule has 4 rings (SSSR count). The first-order valence-corrected chi connectivity index (χ1v) is 10.1. The molecule has 31 heavy (non-hydrogen) atoms. The second-order valence-corrected chi connectivity index (χ2v) is 7.60. The van der Waals surface area contributed by atoms with Crippen LogP contribution in [0.4, 0.5) is 8.78 Å². The van der Waals surface area contributed by atoms with Gasteiger partial charge in [-0.3, -0.25) is 9.78 Å². The molecule has 0 atom stereocenters. The first-order valence-electron chi connectivity index (χ1n) is 10.1. The molecule has 1 fully saturated rings. The van der Waals surface area contributed by atoms with Crippen molar-refractivity contribution in [3.63, 3.8) is 0 Å². The van der Waals surface area contributed by atoms with E-state index in [2.05, 4.69) is 14.7 Å². The van der Waals surface area contributed by atoms with Gasteiger partial charge in [-0.15, -0.1) is 0 Å². The minimum Gasteiger partial charge on any atom is -0.489 e. The van der Waals surface area contributed by atoms with Crippen LogP contribution in [0.2, 0.25) is 0 Å². The van der Waals surface area contributed by atoms with Crippen LogP contribution in [0.15, 0.2) is 47.2 Å². The predicted molar refractivity (Wildman–Crippen MR) is 108 cm³/mol. The Morgan fingerprint density at radius 2 is 2.06 bits per heavy atom. The van der Waals surface area contributed by atoms with E-state index in [-0.39, 0.29) is 36.0 Å². The smallest absolute Gasteiger partial charge is 0.387 e. The van der Waals surface area contributed by atoms with E-state index in [0.717, 1.165) is 24.1 Å². The Bertz CT molecular complexity index is 1060. The molecule has 0 saturated heterocycles. The van der Waals surface area contributed by atoms with Crippen LogP contribution in [0.1, 0.15) is 29.8 Å². The Morgan fingerprint density at radius 1 is 1.23 bits per heavy atom. The Kier molecular flexibility index (Phi) is 6.25.